The number of hydrogen-bond donors (Lipinski definition) is 3. The summed E-state index contributed by atoms with van der Waals surface area (Å²) >= 11 is 0. The minimum atomic E-state index is -3.73. The molecule has 0 atom stereocenters. The summed E-state index contributed by atoms with van der Waals surface area (Å²) in [5.41, 5.74) is 2.80. The van der Waals surface area contributed by atoms with Crippen LogP contribution in [0.5, 0.6) is 0 Å². The van der Waals surface area contributed by atoms with E-state index in [1.165, 1.54) is 35.8 Å². The Morgan fingerprint density at radius 3 is 2.30 bits per heavy atom. The highest BCUT2D eigenvalue weighted by molar-refractivity contribution is 7.92. The highest BCUT2D eigenvalue weighted by Gasteiger charge is 2.15. The molecule has 0 saturated heterocycles. The number of benzene rings is 2. The van der Waals surface area contributed by atoms with E-state index in [4.69, 9.17) is 5.21 Å². The standard InChI is InChI=1S/C15H17N3O4S/c1-18(2)13-4-3-5-14(10-13)23(21,22)17-12-8-6-11(7-9-12)15(19)16-20/h3-10,17,20H,1-2H3,(H,16,19). The Morgan fingerprint density at radius 1 is 1.09 bits per heavy atom. The Labute approximate surface area is 134 Å². The molecule has 2 rings (SSSR count). The molecule has 0 radical (unpaired) electrons. The molecule has 8 heteroatoms. The van der Waals surface area contributed by atoms with Gasteiger partial charge in [0.2, 0.25) is 0 Å². The zero-order chi connectivity index (χ0) is 17.0. The summed E-state index contributed by atoms with van der Waals surface area (Å²) in [5.74, 6) is -0.668. The zero-order valence-corrected chi connectivity index (χ0v) is 13.5. The summed E-state index contributed by atoms with van der Waals surface area (Å²) in [6, 6.07) is 12.2. The van der Waals surface area contributed by atoms with Crippen molar-refractivity contribution in [3.63, 3.8) is 0 Å². The molecular weight excluding hydrogens is 318 g/mol. The van der Waals surface area contributed by atoms with Gasteiger partial charge in [-0.3, -0.25) is 14.7 Å². The van der Waals surface area contributed by atoms with Gasteiger partial charge < -0.3 is 4.90 Å². The van der Waals surface area contributed by atoms with Gasteiger partial charge in [-0.05, 0) is 42.5 Å². The maximum atomic E-state index is 12.4. The fourth-order valence-corrected chi connectivity index (χ4v) is 2.99. The fraction of sp³-hybridized carbons (Fsp3) is 0.133. The Bertz CT molecular complexity index is 802. The molecule has 0 unspecified atom stereocenters. The maximum Gasteiger partial charge on any atom is 0.274 e. The second kappa shape index (κ2) is 6.67. The Hall–Kier alpha value is -2.58. The van der Waals surface area contributed by atoms with Crippen molar-refractivity contribution in [2.45, 2.75) is 4.90 Å². The Morgan fingerprint density at radius 2 is 1.74 bits per heavy atom. The van der Waals surface area contributed by atoms with Crippen LogP contribution in [-0.2, 0) is 10.0 Å². The van der Waals surface area contributed by atoms with Gasteiger partial charge in [-0.15, -0.1) is 0 Å². The maximum absolute atomic E-state index is 12.4. The minimum absolute atomic E-state index is 0.140. The first-order valence-corrected chi connectivity index (χ1v) is 8.16. The fourth-order valence-electron chi connectivity index (χ4n) is 1.90. The summed E-state index contributed by atoms with van der Waals surface area (Å²) < 4.78 is 27.2. The van der Waals surface area contributed by atoms with E-state index in [0.717, 1.165) is 5.69 Å². The normalized spacial score (nSPS) is 10.9. The molecule has 2 aromatic carbocycles. The van der Waals surface area contributed by atoms with Crippen LogP contribution in [0.15, 0.2) is 53.4 Å². The predicted molar refractivity (Wildman–Crippen MR) is 87.3 cm³/mol. The van der Waals surface area contributed by atoms with Crippen LogP contribution < -0.4 is 15.1 Å². The number of amides is 1. The summed E-state index contributed by atoms with van der Waals surface area (Å²) in [4.78, 5) is 13.2. The van der Waals surface area contributed by atoms with Crippen molar-refractivity contribution in [1.82, 2.24) is 5.48 Å². The van der Waals surface area contributed by atoms with Crippen LogP contribution in [-0.4, -0.2) is 33.6 Å². The smallest absolute Gasteiger partial charge is 0.274 e. The van der Waals surface area contributed by atoms with Crippen LogP contribution in [0.1, 0.15) is 10.4 Å². The van der Waals surface area contributed by atoms with Gasteiger partial charge in [0.15, 0.2) is 0 Å². The Kier molecular flexibility index (Phi) is 4.87. The largest absolute Gasteiger partial charge is 0.378 e. The van der Waals surface area contributed by atoms with E-state index in [2.05, 4.69) is 4.72 Å². The van der Waals surface area contributed by atoms with Crippen molar-refractivity contribution < 1.29 is 18.4 Å². The predicted octanol–water partition coefficient (Wildman–Crippen LogP) is 1.67. The second-order valence-electron chi connectivity index (χ2n) is 5.02. The van der Waals surface area contributed by atoms with Crippen LogP contribution in [0.2, 0.25) is 0 Å². The molecule has 0 bridgehead atoms. The van der Waals surface area contributed by atoms with Gasteiger partial charge in [-0.1, -0.05) is 6.07 Å². The van der Waals surface area contributed by atoms with E-state index >= 15 is 0 Å². The first-order chi connectivity index (χ1) is 10.8. The summed E-state index contributed by atoms with van der Waals surface area (Å²) in [6.45, 7) is 0. The first kappa shape index (κ1) is 16.8. The molecule has 122 valence electrons. The molecule has 3 N–H and O–H groups in total. The number of carbonyl (C=O) groups is 1. The van der Waals surface area contributed by atoms with Gasteiger partial charge in [0.1, 0.15) is 0 Å². The lowest BCUT2D eigenvalue weighted by Crippen LogP contribution is -2.18. The molecule has 23 heavy (non-hydrogen) atoms. The van der Waals surface area contributed by atoms with Gasteiger partial charge in [0.05, 0.1) is 4.90 Å². The summed E-state index contributed by atoms with van der Waals surface area (Å²) in [5, 5.41) is 8.55. The van der Waals surface area contributed by atoms with Crippen molar-refractivity contribution in [3.8, 4) is 0 Å². The molecule has 0 aromatic heterocycles. The number of carbonyl (C=O) groups excluding carboxylic acids is 1. The first-order valence-electron chi connectivity index (χ1n) is 6.68. The van der Waals surface area contributed by atoms with Crippen LogP contribution >= 0.6 is 0 Å². The van der Waals surface area contributed by atoms with Crippen molar-refractivity contribution >= 4 is 27.3 Å². The molecular formula is C15H17N3O4S. The second-order valence-corrected chi connectivity index (χ2v) is 6.70. The molecule has 0 aliphatic carbocycles. The van der Waals surface area contributed by atoms with Crippen molar-refractivity contribution in [1.29, 1.82) is 0 Å². The molecule has 0 fully saturated rings. The molecule has 0 saturated carbocycles. The number of sulfonamides is 1. The van der Waals surface area contributed by atoms with E-state index in [0.29, 0.717) is 5.69 Å². The van der Waals surface area contributed by atoms with E-state index in [1.54, 1.807) is 23.1 Å². The number of rotatable bonds is 5. The van der Waals surface area contributed by atoms with E-state index in [1.807, 2.05) is 14.1 Å². The zero-order valence-electron chi connectivity index (χ0n) is 12.6. The topological polar surface area (TPSA) is 98.7 Å². The SMILES string of the molecule is CN(C)c1cccc(S(=O)(=O)Nc2ccc(C(=O)NO)cc2)c1. The highest BCUT2D eigenvalue weighted by atomic mass is 32.2. The van der Waals surface area contributed by atoms with Crippen molar-refractivity contribution in [2.24, 2.45) is 0 Å². The summed E-state index contributed by atoms with van der Waals surface area (Å²) in [6.07, 6.45) is 0. The third kappa shape index (κ3) is 3.99. The number of hydrogen-bond acceptors (Lipinski definition) is 5. The van der Waals surface area contributed by atoms with Gasteiger partial charge in [-0.25, -0.2) is 13.9 Å². The van der Waals surface area contributed by atoms with E-state index in [9.17, 15) is 13.2 Å². The molecule has 7 nitrogen and oxygen atoms in total. The van der Waals surface area contributed by atoms with E-state index < -0.39 is 15.9 Å². The molecule has 2 aromatic rings. The van der Waals surface area contributed by atoms with Gasteiger partial charge in [-0.2, -0.15) is 0 Å². The lowest BCUT2D eigenvalue weighted by molar-refractivity contribution is 0.0706. The average molecular weight is 335 g/mol. The van der Waals surface area contributed by atoms with Crippen LogP contribution in [0, 0.1) is 0 Å². The summed E-state index contributed by atoms with van der Waals surface area (Å²) in [7, 11) is -0.0876. The molecule has 0 aliphatic heterocycles. The monoisotopic (exact) mass is 335 g/mol. The lowest BCUT2D eigenvalue weighted by atomic mass is 10.2. The molecule has 1 amide bonds. The van der Waals surface area contributed by atoms with Crippen LogP contribution in [0.25, 0.3) is 0 Å². The quantitative estimate of drug-likeness (QED) is 0.570. The van der Waals surface area contributed by atoms with Gasteiger partial charge in [0, 0.05) is 31.0 Å². The van der Waals surface area contributed by atoms with E-state index in [-0.39, 0.29) is 10.5 Å². The lowest BCUT2D eigenvalue weighted by Gasteiger charge is -2.14. The van der Waals surface area contributed by atoms with Crippen molar-refractivity contribution in [3.05, 3.63) is 54.1 Å². The average Bonchev–Trinajstić information content (AvgIpc) is 2.54. The third-order valence-electron chi connectivity index (χ3n) is 3.15. The molecule has 0 heterocycles. The van der Waals surface area contributed by atoms with Gasteiger partial charge >= 0.3 is 0 Å². The number of nitrogens with one attached hydrogen (secondary N) is 2. The van der Waals surface area contributed by atoms with Crippen LogP contribution in [0.3, 0.4) is 0 Å². The third-order valence-corrected chi connectivity index (χ3v) is 4.52. The van der Waals surface area contributed by atoms with Gasteiger partial charge in [0.25, 0.3) is 15.9 Å². The molecule has 0 spiro atoms. The molecule has 0 aliphatic rings. The number of anilines is 2. The Balaban J connectivity index is 2.24. The number of nitrogens with zero attached hydrogens (tertiary/aromatic N) is 1. The highest BCUT2D eigenvalue weighted by Crippen LogP contribution is 2.20. The number of hydroxylamine groups is 1. The minimum Gasteiger partial charge on any atom is -0.378 e. The van der Waals surface area contributed by atoms with Crippen molar-refractivity contribution in [2.75, 3.05) is 23.7 Å². The van der Waals surface area contributed by atoms with Crippen LogP contribution in [0.4, 0.5) is 11.4 Å².